The molecule has 0 saturated carbocycles. The van der Waals surface area contributed by atoms with Crippen LogP contribution in [-0.2, 0) is 13.1 Å². The molecule has 1 saturated heterocycles. The Morgan fingerprint density at radius 1 is 0.930 bits per heavy atom. The van der Waals surface area contributed by atoms with Gasteiger partial charge >= 0.3 is 0 Å². The summed E-state index contributed by atoms with van der Waals surface area (Å²) in [4.78, 5) is 37.4. The van der Waals surface area contributed by atoms with Gasteiger partial charge in [-0.15, -0.1) is 0 Å². The van der Waals surface area contributed by atoms with Crippen LogP contribution in [0.15, 0.2) is 79.0 Å². The number of benzene rings is 3. The van der Waals surface area contributed by atoms with Crippen LogP contribution in [0.1, 0.15) is 38.4 Å². The molecule has 0 spiro atoms. The van der Waals surface area contributed by atoms with Crippen LogP contribution in [0.3, 0.4) is 0 Å². The van der Waals surface area contributed by atoms with Gasteiger partial charge in [0.2, 0.25) is 0 Å². The van der Waals surface area contributed by atoms with Crippen molar-refractivity contribution in [1.82, 2.24) is 25.5 Å². The fourth-order valence-electron chi connectivity index (χ4n) is 5.11. The molecule has 2 amide bonds. The molecule has 0 unspecified atom stereocenters. The Morgan fingerprint density at radius 2 is 1.65 bits per heavy atom. The second kappa shape index (κ2) is 13.8. The first-order valence-corrected chi connectivity index (χ1v) is 14.2. The first-order chi connectivity index (χ1) is 20.9. The van der Waals surface area contributed by atoms with E-state index in [0.29, 0.717) is 29.2 Å². The highest BCUT2D eigenvalue weighted by atomic mass is 16.5. The summed E-state index contributed by atoms with van der Waals surface area (Å²) in [5.41, 5.74) is 4.02. The Labute approximate surface area is 251 Å². The summed E-state index contributed by atoms with van der Waals surface area (Å²) >= 11 is 0. The van der Waals surface area contributed by atoms with E-state index in [0.717, 1.165) is 43.1 Å². The van der Waals surface area contributed by atoms with Crippen molar-refractivity contribution in [2.75, 3.05) is 39.7 Å². The molecule has 1 aliphatic heterocycles. The van der Waals surface area contributed by atoms with Crippen molar-refractivity contribution in [3.8, 4) is 22.8 Å². The molecule has 0 bridgehead atoms. The largest absolute Gasteiger partial charge is 0.497 e. The summed E-state index contributed by atoms with van der Waals surface area (Å²) < 4.78 is 10.6. The number of nitrogens with one attached hydrogen (secondary N) is 3. The second-order valence-electron chi connectivity index (χ2n) is 10.4. The predicted molar refractivity (Wildman–Crippen MR) is 165 cm³/mol. The number of methoxy groups -OCH3 is 2. The van der Waals surface area contributed by atoms with Crippen LogP contribution in [0.5, 0.6) is 11.5 Å². The van der Waals surface area contributed by atoms with Crippen molar-refractivity contribution in [2.45, 2.75) is 25.6 Å². The number of carbonyl (C=O) groups excluding carboxylic acids is 2. The molecule has 10 heteroatoms. The van der Waals surface area contributed by atoms with E-state index in [1.807, 2.05) is 54.6 Å². The third-order valence-corrected chi connectivity index (χ3v) is 7.38. The maximum absolute atomic E-state index is 13.2. The first-order valence-electron chi connectivity index (χ1n) is 14.2. The number of ether oxygens (including phenoxy) is 2. The molecule has 0 aliphatic carbocycles. The number of hydrogen-bond donors (Lipinski definition) is 3. The van der Waals surface area contributed by atoms with E-state index in [1.54, 1.807) is 39.6 Å². The van der Waals surface area contributed by atoms with Crippen molar-refractivity contribution in [3.05, 3.63) is 101 Å². The lowest BCUT2D eigenvalue weighted by atomic mass is 10.1. The van der Waals surface area contributed by atoms with Crippen molar-refractivity contribution < 1.29 is 19.1 Å². The van der Waals surface area contributed by atoms with Crippen LogP contribution in [-0.4, -0.2) is 67.1 Å². The SMILES string of the molecule is CNC(=O)c1nc(-c2cccc(C(=O)N[C@@H]3CCN(Cc4cccc(OC)c4)C3)c2)cnc1NCc1cccc(OC)c1. The van der Waals surface area contributed by atoms with E-state index in [2.05, 4.69) is 36.9 Å². The highest BCUT2D eigenvalue weighted by Crippen LogP contribution is 2.23. The van der Waals surface area contributed by atoms with Crippen LogP contribution >= 0.6 is 0 Å². The van der Waals surface area contributed by atoms with Crippen LogP contribution in [0, 0.1) is 0 Å². The van der Waals surface area contributed by atoms with Crippen molar-refractivity contribution in [1.29, 1.82) is 0 Å². The minimum Gasteiger partial charge on any atom is -0.497 e. The molecule has 1 atom stereocenters. The lowest BCUT2D eigenvalue weighted by Gasteiger charge is -2.17. The van der Waals surface area contributed by atoms with Gasteiger partial charge in [-0.3, -0.25) is 14.5 Å². The molecule has 1 aliphatic rings. The molecule has 3 aromatic carbocycles. The van der Waals surface area contributed by atoms with Gasteiger partial charge in [0.1, 0.15) is 11.5 Å². The van der Waals surface area contributed by atoms with Gasteiger partial charge in [-0.1, -0.05) is 36.4 Å². The van der Waals surface area contributed by atoms with E-state index in [9.17, 15) is 9.59 Å². The zero-order valence-corrected chi connectivity index (χ0v) is 24.6. The number of anilines is 1. The maximum atomic E-state index is 13.2. The molecule has 1 aromatic heterocycles. The lowest BCUT2D eigenvalue weighted by Crippen LogP contribution is -2.37. The van der Waals surface area contributed by atoms with Gasteiger partial charge in [0.15, 0.2) is 11.5 Å². The summed E-state index contributed by atoms with van der Waals surface area (Å²) in [6, 6.07) is 23.0. The molecule has 0 radical (unpaired) electrons. The molecule has 5 rings (SSSR count). The van der Waals surface area contributed by atoms with Gasteiger partial charge in [0.05, 0.1) is 26.1 Å². The van der Waals surface area contributed by atoms with E-state index >= 15 is 0 Å². The third-order valence-electron chi connectivity index (χ3n) is 7.38. The fraction of sp³-hybridized carbons (Fsp3) is 0.273. The molecule has 43 heavy (non-hydrogen) atoms. The number of amides is 2. The van der Waals surface area contributed by atoms with Gasteiger partial charge in [-0.25, -0.2) is 9.97 Å². The maximum Gasteiger partial charge on any atom is 0.273 e. The molecule has 10 nitrogen and oxygen atoms in total. The van der Waals surface area contributed by atoms with E-state index in [-0.39, 0.29) is 23.6 Å². The number of hydrogen-bond acceptors (Lipinski definition) is 8. The third kappa shape index (κ3) is 7.47. The van der Waals surface area contributed by atoms with Crippen LogP contribution in [0.4, 0.5) is 5.82 Å². The average molecular weight is 581 g/mol. The fourth-order valence-corrected chi connectivity index (χ4v) is 5.11. The Balaban J connectivity index is 1.25. The highest BCUT2D eigenvalue weighted by molar-refractivity contribution is 5.98. The summed E-state index contributed by atoms with van der Waals surface area (Å²) in [6.07, 6.45) is 2.48. The first kappa shape index (κ1) is 29.5. The lowest BCUT2D eigenvalue weighted by molar-refractivity contribution is 0.0934. The molecule has 2 heterocycles. The highest BCUT2D eigenvalue weighted by Gasteiger charge is 2.25. The van der Waals surface area contributed by atoms with Gasteiger partial charge in [0, 0.05) is 50.4 Å². The van der Waals surface area contributed by atoms with E-state index in [1.165, 1.54) is 5.56 Å². The molecular formula is C33H36N6O4. The molecule has 3 N–H and O–H groups in total. The second-order valence-corrected chi connectivity index (χ2v) is 10.4. The summed E-state index contributed by atoms with van der Waals surface area (Å²) in [6.45, 7) is 2.91. The standard InChI is InChI=1S/C33H36N6O4/c1-34-33(41)30-31(35-18-22-7-4-11-27(15-22)42-2)36-19-29(38-30)24-9-6-10-25(17-24)32(40)37-26-13-14-39(21-26)20-23-8-5-12-28(16-23)43-3/h4-12,15-17,19,26H,13-14,18,20-21H2,1-3H3,(H,34,41)(H,35,36)(H,37,40)/t26-/m1/s1. The number of nitrogens with zero attached hydrogens (tertiary/aromatic N) is 3. The van der Waals surface area contributed by atoms with Gasteiger partial charge in [0.25, 0.3) is 11.8 Å². The monoisotopic (exact) mass is 580 g/mol. The van der Waals surface area contributed by atoms with Crippen LogP contribution < -0.4 is 25.4 Å². The van der Waals surface area contributed by atoms with Crippen LogP contribution in [0.25, 0.3) is 11.3 Å². The molecule has 1 fully saturated rings. The zero-order valence-electron chi connectivity index (χ0n) is 24.6. The smallest absolute Gasteiger partial charge is 0.273 e. The predicted octanol–water partition coefficient (Wildman–Crippen LogP) is 4.14. The topological polar surface area (TPSA) is 118 Å². The molecule has 222 valence electrons. The number of carbonyl (C=O) groups is 2. The van der Waals surface area contributed by atoms with Gasteiger partial charge in [-0.05, 0) is 53.9 Å². The quantitative estimate of drug-likeness (QED) is 0.242. The molecule has 4 aromatic rings. The van der Waals surface area contributed by atoms with Crippen molar-refractivity contribution in [3.63, 3.8) is 0 Å². The summed E-state index contributed by atoms with van der Waals surface area (Å²) in [5, 5.41) is 9.02. The van der Waals surface area contributed by atoms with Crippen LogP contribution in [0.2, 0.25) is 0 Å². The van der Waals surface area contributed by atoms with Gasteiger partial charge in [-0.2, -0.15) is 0 Å². The van der Waals surface area contributed by atoms with E-state index < -0.39 is 0 Å². The normalized spacial score (nSPS) is 14.6. The van der Waals surface area contributed by atoms with Crippen molar-refractivity contribution >= 4 is 17.6 Å². The Kier molecular flexibility index (Phi) is 9.48. The minimum atomic E-state index is -0.365. The van der Waals surface area contributed by atoms with E-state index in [4.69, 9.17) is 9.47 Å². The zero-order chi connectivity index (χ0) is 30.2. The summed E-state index contributed by atoms with van der Waals surface area (Å²) in [7, 11) is 4.83. The Morgan fingerprint density at radius 3 is 2.40 bits per heavy atom. The average Bonchev–Trinajstić information content (AvgIpc) is 3.49. The number of rotatable bonds is 11. The number of likely N-dealkylation sites (tertiary alicyclic amines) is 1. The Hall–Kier alpha value is -4.96. The van der Waals surface area contributed by atoms with Gasteiger partial charge < -0.3 is 25.4 Å². The minimum absolute atomic E-state index is 0.0522. The Bertz CT molecular complexity index is 1590. The summed E-state index contributed by atoms with van der Waals surface area (Å²) in [5.74, 6) is 1.43. The molecular weight excluding hydrogens is 544 g/mol. The van der Waals surface area contributed by atoms with Crippen molar-refractivity contribution in [2.24, 2.45) is 0 Å². The number of aromatic nitrogens is 2.